The van der Waals surface area contributed by atoms with E-state index in [4.69, 9.17) is 13.8 Å². The standard InChI is InChI=1S/C28H22N4O4/c33-27(29-18-10-3-1-4-11-18)31-25-24-23(22-16-9-17-35-22)20-14-7-8-15-21(20)30-26(24)36-28(34)32(25)19-12-5-2-6-13-19/h1-6,9-13,16-17H,7-8,14-15H2,(H,29,33)/b31-25-. The van der Waals surface area contributed by atoms with Crippen LogP contribution in [0.2, 0.25) is 0 Å². The number of amides is 2. The third-order valence-electron chi connectivity index (χ3n) is 6.26. The molecule has 0 bridgehead atoms. The van der Waals surface area contributed by atoms with Crippen LogP contribution in [0.15, 0.2) is 97.7 Å². The van der Waals surface area contributed by atoms with Crippen molar-refractivity contribution >= 4 is 22.8 Å². The highest BCUT2D eigenvalue weighted by Crippen LogP contribution is 2.35. The van der Waals surface area contributed by atoms with Crippen molar-refractivity contribution in [3.8, 4) is 17.0 Å². The second-order valence-corrected chi connectivity index (χ2v) is 8.55. The van der Waals surface area contributed by atoms with Crippen molar-refractivity contribution in [1.29, 1.82) is 0 Å². The highest BCUT2D eigenvalue weighted by atomic mass is 16.4. The number of nitrogens with zero attached hydrogens (tertiary/aromatic N) is 3. The molecule has 3 aromatic heterocycles. The molecule has 1 aliphatic carbocycles. The highest BCUT2D eigenvalue weighted by Gasteiger charge is 2.25. The molecule has 0 unspecified atom stereocenters. The zero-order valence-corrected chi connectivity index (χ0v) is 19.3. The summed E-state index contributed by atoms with van der Waals surface area (Å²) in [6.45, 7) is 0. The summed E-state index contributed by atoms with van der Waals surface area (Å²) in [7, 11) is 0. The number of urea groups is 1. The molecule has 2 amide bonds. The molecular weight excluding hydrogens is 456 g/mol. The van der Waals surface area contributed by atoms with Gasteiger partial charge >= 0.3 is 11.8 Å². The Hall–Kier alpha value is -4.72. The monoisotopic (exact) mass is 478 g/mol. The minimum atomic E-state index is -0.686. The van der Waals surface area contributed by atoms with Crippen molar-refractivity contribution in [3.63, 3.8) is 0 Å². The van der Waals surface area contributed by atoms with Gasteiger partial charge in [0.2, 0.25) is 5.71 Å². The van der Waals surface area contributed by atoms with Gasteiger partial charge in [0.25, 0.3) is 0 Å². The van der Waals surface area contributed by atoms with Gasteiger partial charge in [0.1, 0.15) is 5.76 Å². The Morgan fingerprint density at radius 2 is 1.69 bits per heavy atom. The van der Waals surface area contributed by atoms with Crippen LogP contribution in [0, 0.1) is 0 Å². The van der Waals surface area contributed by atoms with Gasteiger partial charge in [0.05, 0.1) is 17.3 Å². The number of carbonyl (C=O) groups excluding carboxylic acids is 1. The quantitative estimate of drug-likeness (QED) is 0.382. The van der Waals surface area contributed by atoms with E-state index >= 15 is 0 Å². The lowest BCUT2D eigenvalue weighted by Crippen LogP contribution is -2.34. The van der Waals surface area contributed by atoms with Gasteiger partial charge in [0.15, 0.2) is 5.49 Å². The van der Waals surface area contributed by atoms with E-state index in [9.17, 15) is 9.59 Å². The topological polar surface area (TPSA) is 103 Å². The normalized spacial score (nSPS) is 13.5. The van der Waals surface area contributed by atoms with Crippen molar-refractivity contribution in [2.75, 3.05) is 5.32 Å². The summed E-state index contributed by atoms with van der Waals surface area (Å²) in [5, 5.41) is 3.23. The van der Waals surface area contributed by atoms with Gasteiger partial charge in [-0.2, -0.15) is 4.99 Å². The lowest BCUT2D eigenvalue weighted by Gasteiger charge is -2.20. The number of hydrogen-bond donors (Lipinski definition) is 1. The van der Waals surface area contributed by atoms with Crippen LogP contribution in [0.3, 0.4) is 0 Å². The minimum absolute atomic E-state index is 0.130. The average molecular weight is 479 g/mol. The highest BCUT2D eigenvalue weighted by molar-refractivity contribution is 5.94. The summed E-state index contributed by atoms with van der Waals surface area (Å²) in [4.78, 5) is 35.6. The fourth-order valence-electron chi connectivity index (χ4n) is 4.70. The third-order valence-corrected chi connectivity index (χ3v) is 6.26. The molecule has 0 spiro atoms. The molecule has 0 saturated carbocycles. The first-order valence-corrected chi connectivity index (χ1v) is 11.8. The number of furan rings is 1. The Bertz CT molecular complexity index is 1690. The summed E-state index contributed by atoms with van der Waals surface area (Å²) >= 11 is 0. The Morgan fingerprint density at radius 3 is 2.44 bits per heavy atom. The predicted octanol–water partition coefficient (Wildman–Crippen LogP) is 5.25. The smallest absolute Gasteiger partial charge is 0.427 e. The summed E-state index contributed by atoms with van der Waals surface area (Å²) in [6, 6.07) is 21.0. The van der Waals surface area contributed by atoms with E-state index in [1.807, 2.05) is 30.3 Å². The van der Waals surface area contributed by atoms with E-state index in [1.54, 1.807) is 48.7 Å². The SMILES string of the molecule is O=C(/N=c1/c2c(-c3ccco3)c3c(nc2oc(=O)n1-c1ccccc1)CCCC3)Nc1ccccc1. The van der Waals surface area contributed by atoms with E-state index < -0.39 is 11.8 Å². The first-order valence-electron chi connectivity index (χ1n) is 11.8. The van der Waals surface area contributed by atoms with Crippen LogP contribution in [0.5, 0.6) is 0 Å². The molecular formula is C28H22N4O4. The van der Waals surface area contributed by atoms with Crippen molar-refractivity contribution in [1.82, 2.24) is 9.55 Å². The maximum atomic E-state index is 13.3. The molecule has 1 N–H and O–H groups in total. The van der Waals surface area contributed by atoms with Gasteiger partial charge in [-0.05, 0) is 67.6 Å². The zero-order chi connectivity index (χ0) is 24.5. The molecule has 8 heteroatoms. The number of fused-ring (bicyclic) bond motifs is 2. The largest absolute Gasteiger partial charge is 0.464 e. The summed E-state index contributed by atoms with van der Waals surface area (Å²) in [5.41, 5.74) is 4.02. The molecule has 8 nitrogen and oxygen atoms in total. The van der Waals surface area contributed by atoms with Crippen molar-refractivity contribution in [2.24, 2.45) is 4.99 Å². The van der Waals surface area contributed by atoms with E-state index in [0.29, 0.717) is 22.5 Å². The van der Waals surface area contributed by atoms with E-state index in [-0.39, 0.29) is 11.2 Å². The first-order chi connectivity index (χ1) is 17.7. The van der Waals surface area contributed by atoms with Gasteiger partial charge in [-0.15, -0.1) is 0 Å². The Kier molecular flexibility index (Phi) is 5.53. The fourth-order valence-corrected chi connectivity index (χ4v) is 4.70. The zero-order valence-electron chi connectivity index (χ0n) is 19.3. The molecule has 0 aliphatic heterocycles. The fraction of sp³-hybridized carbons (Fsp3) is 0.143. The Labute approximate surface area is 205 Å². The average Bonchev–Trinajstić information content (AvgIpc) is 3.43. The number of pyridine rings is 1. The Balaban J connectivity index is 1.72. The summed E-state index contributed by atoms with van der Waals surface area (Å²) in [5.74, 6) is -0.0810. The molecule has 3 heterocycles. The molecule has 178 valence electrons. The van der Waals surface area contributed by atoms with Crippen molar-refractivity contribution < 1.29 is 13.6 Å². The molecule has 36 heavy (non-hydrogen) atoms. The molecule has 0 fully saturated rings. The van der Waals surface area contributed by atoms with Crippen molar-refractivity contribution in [3.05, 3.63) is 106 Å². The number of rotatable bonds is 3. The van der Waals surface area contributed by atoms with Gasteiger partial charge in [0, 0.05) is 16.9 Å². The molecule has 6 rings (SSSR count). The van der Waals surface area contributed by atoms with Crippen LogP contribution in [-0.2, 0) is 12.8 Å². The molecule has 5 aromatic rings. The van der Waals surface area contributed by atoms with Gasteiger partial charge in [-0.25, -0.2) is 19.1 Å². The number of para-hydroxylation sites is 2. The van der Waals surface area contributed by atoms with Gasteiger partial charge in [-0.1, -0.05) is 36.4 Å². The van der Waals surface area contributed by atoms with Crippen molar-refractivity contribution in [2.45, 2.75) is 25.7 Å². The molecule has 0 radical (unpaired) electrons. The van der Waals surface area contributed by atoms with Gasteiger partial charge in [-0.3, -0.25) is 0 Å². The Morgan fingerprint density at radius 1 is 0.944 bits per heavy atom. The van der Waals surface area contributed by atoms with Crippen LogP contribution >= 0.6 is 0 Å². The van der Waals surface area contributed by atoms with Gasteiger partial charge < -0.3 is 14.2 Å². The number of carbonyl (C=O) groups is 1. The number of anilines is 1. The number of aryl methyl sites for hydroxylation is 1. The second-order valence-electron chi connectivity index (χ2n) is 8.55. The lowest BCUT2D eigenvalue weighted by molar-refractivity contribution is 0.258. The van der Waals surface area contributed by atoms with Crippen LogP contribution in [0.25, 0.3) is 28.1 Å². The van der Waals surface area contributed by atoms with E-state index in [0.717, 1.165) is 42.5 Å². The lowest BCUT2D eigenvalue weighted by atomic mass is 9.90. The van der Waals surface area contributed by atoms with Crippen LogP contribution in [0.4, 0.5) is 10.5 Å². The minimum Gasteiger partial charge on any atom is -0.464 e. The number of nitrogens with one attached hydrogen (secondary N) is 1. The first kappa shape index (κ1) is 21.8. The van der Waals surface area contributed by atoms with Crippen LogP contribution in [0.1, 0.15) is 24.1 Å². The van der Waals surface area contributed by atoms with E-state index in [2.05, 4.69) is 10.3 Å². The molecule has 2 aromatic carbocycles. The van der Waals surface area contributed by atoms with Crippen LogP contribution in [-0.4, -0.2) is 15.6 Å². The maximum absolute atomic E-state index is 13.3. The number of benzene rings is 2. The molecule has 1 aliphatic rings. The molecule has 0 saturated heterocycles. The number of hydrogen-bond acceptors (Lipinski definition) is 5. The maximum Gasteiger partial charge on any atom is 0.427 e. The van der Waals surface area contributed by atoms with E-state index in [1.165, 1.54) is 4.57 Å². The summed E-state index contributed by atoms with van der Waals surface area (Å²) < 4.78 is 12.9. The number of aromatic nitrogens is 2. The van der Waals surface area contributed by atoms with Crippen LogP contribution < -0.4 is 16.6 Å². The predicted molar refractivity (Wildman–Crippen MR) is 135 cm³/mol. The second kappa shape index (κ2) is 9.14. The summed E-state index contributed by atoms with van der Waals surface area (Å²) in [6.07, 6.45) is 5.18. The third kappa shape index (κ3) is 3.92. The molecule has 0 atom stereocenters.